The summed E-state index contributed by atoms with van der Waals surface area (Å²) in [6.45, 7) is 1.41. The van der Waals surface area contributed by atoms with Crippen LogP contribution in [0, 0.1) is 10.8 Å². The summed E-state index contributed by atoms with van der Waals surface area (Å²) in [5, 5.41) is 7.32. The van der Waals surface area contributed by atoms with E-state index in [2.05, 4.69) is 4.98 Å². The number of aromatic nitrogens is 1. The highest BCUT2D eigenvalue weighted by atomic mass is 16.5. The first-order chi connectivity index (χ1) is 8.20. The van der Waals surface area contributed by atoms with Crippen LogP contribution in [0.1, 0.15) is 25.0 Å². The van der Waals surface area contributed by atoms with Gasteiger partial charge in [0, 0.05) is 30.1 Å². The van der Waals surface area contributed by atoms with Gasteiger partial charge in [-0.1, -0.05) is 6.07 Å². The summed E-state index contributed by atoms with van der Waals surface area (Å²) in [5.41, 5.74) is 6.67. The van der Waals surface area contributed by atoms with Crippen molar-refractivity contribution in [1.82, 2.24) is 4.98 Å². The number of nitrogens with one attached hydrogen (secondary N) is 1. The number of hydrogen-bond donors (Lipinski definition) is 2. The Hall–Kier alpha value is -1.42. The molecule has 92 valence electrons. The van der Waals surface area contributed by atoms with Crippen molar-refractivity contribution in [3.63, 3.8) is 0 Å². The van der Waals surface area contributed by atoms with Gasteiger partial charge in [0.15, 0.2) is 0 Å². The van der Waals surface area contributed by atoms with E-state index in [0.717, 1.165) is 31.6 Å². The van der Waals surface area contributed by atoms with E-state index < -0.39 is 0 Å². The van der Waals surface area contributed by atoms with Gasteiger partial charge in [-0.15, -0.1) is 0 Å². The molecule has 1 aliphatic rings. The maximum Gasteiger partial charge on any atom is 0.0911 e. The average molecular weight is 233 g/mol. The molecule has 17 heavy (non-hydrogen) atoms. The van der Waals surface area contributed by atoms with Crippen LogP contribution < -0.4 is 5.73 Å². The second kappa shape index (κ2) is 5.27. The Kier molecular flexibility index (Phi) is 3.74. The second-order valence-electron chi connectivity index (χ2n) is 4.83. The molecule has 1 fully saturated rings. The predicted molar refractivity (Wildman–Crippen MR) is 67.0 cm³/mol. The molecule has 4 heteroatoms. The number of rotatable bonds is 7. The van der Waals surface area contributed by atoms with Gasteiger partial charge in [0.25, 0.3) is 0 Å². The van der Waals surface area contributed by atoms with Crippen molar-refractivity contribution in [1.29, 1.82) is 5.41 Å². The fourth-order valence-electron chi connectivity index (χ4n) is 1.96. The van der Waals surface area contributed by atoms with Crippen LogP contribution in [-0.2, 0) is 11.2 Å². The van der Waals surface area contributed by atoms with E-state index in [1.54, 1.807) is 6.20 Å². The smallest absolute Gasteiger partial charge is 0.0911 e. The van der Waals surface area contributed by atoms with Gasteiger partial charge in [0.1, 0.15) is 0 Å². The van der Waals surface area contributed by atoms with Crippen LogP contribution in [0.4, 0.5) is 0 Å². The van der Waals surface area contributed by atoms with Crippen LogP contribution in [0.2, 0.25) is 0 Å². The van der Waals surface area contributed by atoms with Gasteiger partial charge in [0.05, 0.1) is 19.0 Å². The highest BCUT2D eigenvalue weighted by molar-refractivity contribution is 5.78. The Morgan fingerprint density at radius 3 is 2.88 bits per heavy atom. The molecular formula is C13H19N3O. The lowest BCUT2D eigenvalue weighted by Gasteiger charge is -2.14. The SMILES string of the molecule is N=C(N)CC1(COCCc2ccccn2)CC1. The molecule has 1 aromatic rings. The Morgan fingerprint density at radius 1 is 1.47 bits per heavy atom. The zero-order chi connectivity index (χ0) is 12.1. The molecule has 2 rings (SSSR count). The molecule has 0 aromatic carbocycles. The van der Waals surface area contributed by atoms with Crippen molar-refractivity contribution in [2.45, 2.75) is 25.7 Å². The first-order valence-corrected chi connectivity index (χ1v) is 6.01. The fraction of sp³-hybridized carbons (Fsp3) is 0.538. The van der Waals surface area contributed by atoms with Crippen molar-refractivity contribution in [3.8, 4) is 0 Å². The summed E-state index contributed by atoms with van der Waals surface area (Å²) in [6.07, 6.45) is 5.59. The van der Waals surface area contributed by atoms with Crippen molar-refractivity contribution in [2.75, 3.05) is 13.2 Å². The highest BCUT2D eigenvalue weighted by Crippen LogP contribution is 2.48. The van der Waals surface area contributed by atoms with Crippen LogP contribution in [0.3, 0.4) is 0 Å². The van der Waals surface area contributed by atoms with Gasteiger partial charge < -0.3 is 10.5 Å². The maximum absolute atomic E-state index is 7.32. The Labute approximate surface area is 102 Å². The van der Waals surface area contributed by atoms with Crippen molar-refractivity contribution in [3.05, 3.63) is 30.1 Å². The van der Waals surface area contributed by atoms with Gasteiger partial charge in [-0.05, 0) is 25.0 Å². The first kappa shape index (κ1) is 12.0. The van der Waals surface area contributed by atoms with E-state index >= 15 is 0 Å². The van der Waals surface area contributed by atoms with Gasteiger partial charge in [-0.2, -0.15) is 0 Å². The van der Waals surface area contributed by atoms with Crippen molar-refractivity contribution < 1.29 is 4.74 Å². The average Bonchev–Trinajstić information content (AvgIpc) is 3.05. The predicted octanol–water partition coefficient (Wildman–Crippen LogP) is 1.75. The molecule has 0 radical (unpaired) electrons. The molecule has 0 amide bonds. The quantitative estimate of drug-likeness (QED) is 0.428. The molecule has 0 bridgehead atoms. The zero-order valence-corrected chi connectivity index (χ0v) is 9.98. The zero-order valence-electron chi connectivity index (χ0n) is 9.98. The number of amidine groups is 1. The molecule has 1 aromatic heterocycles. The first-order valence-electron chi connectivity index (χ1n) is 6.01. The second-order valence-corrected chi connectivity index (χ2v) is 4.83. The lowest BCUT2D eigenvalue weighted by Crippen LogP contribution is -2.21. The standard InChI is InChI=1S/C13H19N3O/c14-12(15)9-13(5-6-13)10-17-8-4-11-3-1-2-7-16-11/h1-3,7H,4-6,8-10H2,(H3,14,15). The molecule has 1 aliphatic carbocycles. The third-order valence-electron chi connectivity index (χ3n) is 3.16. The van der Waals surface area contributed by atoms with Crippen LogP contribution in [0.5, 0.6) is 0 Å². The highest BCUT2D eigenvalue weighted by Gasteiger charge is 2.43. The molecule has 0 saturated heterocycles. The van der Waals surface area contributed by atoms with E-state index in [-0.39, 0.29) is 11.3 Å². The number of nitrogens with zero attached hydrogens (tertiary/aromatic N) is 1. The minimum absolute atomic E-state index is 0.177. The lowest BCUT2D eigenvalue weighted by molar-refractivity contribution is 0.0943. The summed E-state index contributed by atoms with van der Waals surface area (Å²) in [7, 11) is 0. The number of pyridine rings is 1. The minimum Gasteiger partial charge on any atom is -0.388 e. The molecule has 0 unspecified atom stereocenters. The number of nitrogens with two attached hydrogens (primary N) is 1. The van der Waals surface area contributed by atoms with E-state index in [4.69, 9.17) is 15.9 Å². The molecular weight excluding hydrogens is 214 g/mol. The third kappa shape index (κ3) is 3.82. The summed E-state index contributed by atoms with van der Waals surface area (Å²) in [4.78, 5) is 4.24. The minimum atomic E-state index is 0.177. The van der Waals surface area contributed by atoms with E-state index in [1.807, 2.05) is 18.2 Å². The summed E-state index contributed by atoms with van der Waals surface area (Å²) >= 11 is 0. The van der Waals surface area contributed by atoms with E-state index in [0.29, 0.717) is 13.0 Å². The van der Waals surface area contributed by atoms with Crippen LogP contribution in [0.15, 0.2) is 24.4 Å². The van der Waals surface area contributed by atoms with Gasteiger partial charge in [-0.3, -0.25) is 10.4 Å². The van der Waals surface area contributed by atoms with E-state index in [9.17, 15) is 0 Å². The normalized spacial score (nSPS) is 16.7. The maximum atomic E-state index is 7.32. The Balaban J connectivity index is 1.65. The summed E-state index contributed by atoms with van der Waals surface area (Å²) < 4.78 is 5.67. The van der Waals surface area contributed by atoms with Gasteiger partial charge in [0.2, 0.25) is 0 Å². The van der Waals surface area contributed by atoms with Crippen molar-refractivity contribution in [2.24, 2.45) is 11.1 Å². The topological polar surface area (TPSA) is 72.0 Å². The van der Waals surface area contributed by atoms with Gasteiger partial charge in [-0.25, -0.2) is 0 Å². The van der Waals surface area contributed by atoms with Crippen molar-refractivity contribution >= 4 is 5.84 Å². The summed E-state index contributed by atoms with van der Waals surface area (Å²) in [5.74, 6) is 0.274. The van der Waals surface area contributed by atoms with E-state index in [1.165, 1.54) is 0 Å². The molecule has 4 nitrogen and oxygen atoms in total. The molecule has 1 heterocycles. The summed E-state index contributed by atoms with van der Waals surface area (Å²) in [6, 6.07) is 5.91. The third-order valence-corrected chi connectivity index (χ3v) is 3.16. The largest absolute Gasteiger partial charge is 0.388 e. The van der Waals surface area contributed by atoms with Crippen LogP contribution >= 0.6 is 0 Å². The Morgan fingerprint density at radius 2 is 2.29 bits per heavy atom. The fourth-order valence-corrected chi connectivity index (χ4v) is 1.96. The lowest BCUT2D eigenvalue weighted by atomic mass is 10.0. The number of hydrogen-bond acceptors (Lipinski definition) is 3. The van der Waals surface area contributed by atoms with Crippen LogP contribution in [0.25, 0.3) is 0 Å². The molecule has 0 aliphatic heterocycles. The molecule has 0 atom stereocenters. The molecule has 1 saturated carbocycles. The molecule has 0 spiro atoms. The molecule has 3 N–H and O–H groups in total. The monoisotopic (exact) mass is 233 g/mol. The Bertz CT molecular complexity index is 374. The number of ether oxygens (including phenoxy) is 1. The van der Waals surface area contributed by atoms with Crippen LogP contribution in [-0.4, -0.2) is 24.0 Å². The van der Waals surface area contributed by atoms with Gasteiger partial charge >= 0.3 is 0 Å².